The highest BCUT2D eigenvalue weighted by atomic mass is 31.2. The molecule has 0 aliphatic carbocycles. The number of rotatable bonds is 3. The molecule has 3 heterocycles. The largest absolute Gasteiger partial charge is 0.378 e. The molecule has 2 N–H and O–H groups in total. The van der Waals surface area contributed by atoms with E-state index in [1.54, 1.807) is 13.2 Å². The number of methoxy groups -OCH3 is 1. The Bertz CT molecular complexity index is 363. The zero-order valence-electron chi connectivity index (χ0n) is 10.1. The lowest BCUT2D eigenvalue weighted by Gasteiger charge is -2.52. The van der Waals surface area contributed by atoms with Crippen molar-refractivity contribution in [1.29, 1.82) is 0 Å². The van der Waals surface area contributed by atoms with Crippen molar-refractivity contribution in [2.45, 2.75) is 37.3 Å². The molecule has 3 aliphatic rings. The van der Waals surface area contributed by atoms with Gasteiger partial charge in [0.2, 0.25) is 0 Å². The third-order valence-corrected chi connectivity index (χ3v) is 3.95. The van der Waals surface area contributed by atoms with Crippen LogP contribution in [0.25, 0.3) is 0 Å². The van der Waals surface area contributed by atoms with Gasteiger partial charge < -0.3 is 24.0 Å². The minimum atomic E-state index is -3.20. The van der Waals surface area contributed by atoms with Crippen molar-refractivity contribution in [3.63, 3.8) is 0 Å². The third kappa shape index (κ3) is 2.65. The van der Waals surface area contributed by atoms with E-state index in [1.807, 2.05) is 6.92 Å². The summed E-state index contributed by atoms with van der Waals surface area (Å²) in [6.45, 7) is 2.32. The molecule has 2 bridgehead atoms. The lowest BCUT2D eigenvalue weighted by molar-refractivity contribution is -0.288. The maximum Gasteiger partial charge on any atom is 0.136 e. The first kappa shape index (κ1) is 13.3. The molecule has 3 rings (SSSR count). The summed E-state index contributed by atoms with van der Waals surface area (Å²) in [5.74, 6) is 1.31. The van der Waals surface area contributed by atoms with Crippen LogP contribution in [0.1, 0.15) is 13.3 Å². The first-order chi connectivity index (χ1) is 7.86. The van der Waals surface area contributed by atoms with E-state index in [4.69, 9.17) is 14.2 Å². The van der Waals surface area contributed by atoms with Crippen LogP contribution in [0.5, 0.6) is 0 Å². The summed E-state index contributed by atoms with van der Waals surface area (Å²) < 4.78 is 17.0. The first-order valence-electron chi connectivity index (χ1n) is 5.57. The van der Waals surface area contributed by atoms with E-state index < -0.39 is 12.9 Å². The van der Waals surface area contributed by atoms with Gasteiger partial charge in [-0.25, -0.2) is 0 Å². The van der Waals surface area contributed by atoms with Crippen molar-refractivity contribution < 1.29 is 24.0 Å². The fraction of sp³-hybridized carbons (Fsp3) is 0.727. The van der Waals surface area contributed by atoms with Crippen LogP contribution < -0.4 is 0 Å². The molecule has 98 valence electrons. The Balaban J connectivity index is 2.25. The van der Waals surface area contributed by atoms with Crippen LogP contribution in [0.15, 0.2) is 11.9 Å². The van der Waals surface area contributed by atoms with Crippen LogP contribution in [-0.4, -0.2) is 53.7 Å². The molecule has 5 nitrogen and oxygen atoms in total. The van der Waals surface area contributed by atoms with Crippen LogP contribution in [0.4, 0.5) is 0 Å². The second-order valence-corrected chi connectivity index (χ2v) is 6.56. The summed E-state index contributed by atoms with van der Waals surface area (Å²) in [6.07, 6.45) is 5.60. The standard InChI is InChI=1S/C11H19O5P/c1-8-9-6-10(14-2)11(16-8,7-15-9)4-5-17(3,12)13/h4-5,8-10,12-13H,3,6-7H2,1-2H3/b5-4+/t8?,9-,10+,11+/m1/s1. The minimum Gasteiger partial charge on any atom is -0.378 e. The molecule has 17 heavy (non-hydrogen) atoms. The highest BCUT2D eigenvalue weighted by Gasteiger charge is 2.52. The molecule has 6 heteroatoms. The Labute approximate surface area is 101 Å². The molecular formula is C11H19O5P. The predicted octanol–water partition coefficient (Wildman–Crippen LogP) is 0.726. The number of hydrogen-bond acceptors (Lipinski definition) is 5. The molecule has 1 unspecified atom stereocenters. The van der Waals surface area contributed by atoms with Crippen LogP contribution >= 0.6 is 7.34 Å². The van der Waals surface area contributed by atoms with Crippen LogP contribution in [0.2, 0.25) is 0 Å². The molecule has 4 atom stereocenters. The first-order valence-corrected chi connectivity index (χ1v) is 7.52. The van der Waals surface area contributed by atoms with Gasteiger partial charge in [0.05, 0.1) is 24.9 Å². The van der Waals surface area contributed by atoms with Gasteiger partial charge in [-0.3, -0.25) is 0 Å². The Morgan fingerprint density at radius 3 is 2.76 bits per heavy atom. The van der Waals surface area contributed by atoms with Gasteiger partial charge in [0.1, 0.15) is 12.9 Å². The van der Waals surface area contributed by atoms with Crippen molar-refractivity contribution in [2.75, 3.05) is 13.7 Å². The predicted molar refractivity (Wildman–Crippen MR) is 66.1 cm³/mol. The Hall–Kier alpha value is -0.160. The smallest absolute Gasteiger partial charge is 0.136 e. The molecule has 0 radical (unpaired) electrons. The van der Waals surface area contributed by atoms with Gasteiger partial charge in [0.25, 0.3) is 0 Å². The normalized spacial score (nSPS) is 42.2. The average molecular weight is 262 g/mol. The molecule has 3 fully saturated rings. The van der Waals surface area contributed by atoms with Crippen molar-refractivity contribution in [3.05, 3.63) is 11.9 Å². The zero-order chi connectivity index (χ0) is 12.7. The third-order valence-electron chi connectivity index (χ3n) is 3.32. The van der Waals surface area contributed by atoms with Gasteiger partial charge in [-0.2, -0.15) is 0 Å². The Morgan fingerprint density at radius 2 is 2.24 bits per heavy atom. The fourth-order valence-electron chi connectivity index (χ4n) is 2.40. The number of ether oxygens (including phenoxy) is 3. The molecular weight excluding hydrogens is 243 g/mol. The van der Waals surface area contributed by atoms with Crippen molar-refractivity contribution in [1.82, 2.24) is 0 Å². The summed E-state index contributed by atoms with van der Waals surface area (Å²) in [5.41, 5.74) is -0.725. The number of hydrogen-bond donors (Lipinski definition) is 2. The maximum atomic E-state index is 9.33. The summed E-state index contributed by atoms with van der Waals surface area (Å²) >= 11 is 0. The van der Waals surface area contributed by atoms with E-state index in [-0.39, 0.29) is 18.3 Å². The van der Waals surface area contributed by atoms with E-state index in [0.717, 1.165) is 6.42 Å². The maximum absolute atomic E-state index is 9.33. The van der Waals surface area contributed by atoms with E-state index in [1.165, 1.54) is 5.82 Å². The highest BCUT2D eigenvalue weighted by Crippen LogP contribution is 2.43. The van der Waals surface area contributed by atoms with Gasteiger partial charge in [0.15, 0.2) is 0 Å². The van der Waals surface area contributed by atoms with Gasteiger partial charge in [-0.15, -0.1) is 0 Å². The average Bonchev–Trinajstić information content (AvgIpc) is 2.26. The van der Waals surface area contributed by atoms with Crippen LogP contribution in [0, 0.1) is 0 Å². The molecule has 0 spiro atoms. The SMILES string of the molecule is C=P(O)(O)/C=C/[C@]12CO[C@H](C[C@@H]1OC)C(C)O2. The van der Waals surface area contributed by atoms with E-state index >= 15 is 0 Å². The summed E-state index contributed by atoms with van der Waals surface area (Å²) in [6, 6.07) is 0. The molecule has 3 aliphatic heterocycles. The van der Waals surface area contributed by atoms with Crippen LogP contribution in [0.3, 0.4) is 0 Å². The summed E-state index contributed by atoms with van der Waals surface area (Å²) in [5, 5.41) is 0. The molecule has 0 saturated carbocycles. The quantitative estimate of drug-likeness (QED) is 0.734. The van der Waals surface area contributed by atoms with Crippen molar-refractivity contribution in [3.8, 4) is 0 Å². The van der Waals surface area contributed by atoms with Gasteiger partial charge in [0, 0.05) is 13.5 Å². The van der Waals surface area contributed by atoms with E-state index in [2.05, 4.69) is 6.30 Å². The van der Waals surface area contributed by atoms with Crippen molar-refractivity contribution in [2.24, 2.45) is 0 Å². The van der Waals surface area contributed by atoms with Gasteiger partial charge in [-0.05, 0) is 25.1 Å². The Morgan fingerprint density at radius 1 is 1.53 bits per heavy atom. The molecule has 0 aromatic heterocycles. The van der Waals surface area contributed by atoms with E-state index in [9.17, 15) is 9.79 Å². The number of fused-ring (bicyclic) bond motifs is 3. The molecule has 0 aromatic carbocycles. The topological polar surface area (TPSA) is 68.2 Å². The second kappa shape index (κ2) is 4.50. The molecule has 3 saturated heterocycles. The second-order valence-electron chi connectivity index (χ2n) is 4.69. The molecule has 0 aromatic rings. The zero-order valence-corrected chi connectivity index (χ0v) is 11.0. The minimum absolute atomic E-state index is 0.0188. The lowest BCUT2D eigenvalue weighted by Crippen LogP contribution is -2.63. The highest BCUT2D eigenvalue weighted by molar-refractivity contribution is 7.65. The monoisotopic (exact) mass is 262 g/mol. The van der Waals surface area contributed by atoms with E-state index in [0.29, 0.717) is 6.61 Å². The van der Waals surface area contributed by atoms with Crippen LogP contribution in [-0.2, 0) is 14.2 Å². The van der Waals surface area contributed by atoms with Gasteiger partial charge >= 0.3 is 0 Å². The van der Waals surface area contributed by atoms with Gasteiger partial charge in [-0.1, -0.05) is 0 Å². The fourth-order valence-corrected chi connectivity index (χ4v) is 2.89. The lowest BCUT2D eigenvalue weighted by atomic mass is 9.84. The molecule has 0 amide bonds. The van der Waals surface area contributed by atoms with Crippen molar-refractivity contribution >= 4 is 13.6 Å². The summed E-state index contributed by atoms with van der Waals surface area (Å²) in [4.78, 5) is 18.7. The summed E-state index contributed by atoms with van der Waals surface area (Å²) in [7, 11) is -1.57. The Kier molecular flexibility index (Phi) is 3.51.